The van der Waals surface area contributed by atoms with E-state index in [2.05, 4.69) is 10.6 Å². The first-order valence-electron chi connectivity index (χ1n) is 7.41. The molecule has 0 bridgehead atoms. The Kier molecular flexibility index (Phi) is 8.18. The quantitative estimate of drug-likeness (QED) is 0.589. The Labute approximate surface area is 140 Å². The lowest BCUT2D eigenvalue weighted by molar-refractivity contribution is -0.147. The van der Waals surface area contributed by atoms with Crippen molar-refractivity contribution in [2.24, 2.45) is 0 Å². The maximum absolute atomic E-state index is 11.8. The Balaban J connectivity index is 2.31. The Hall–Kier alpha value is -2.02. The van der Waals surface area contributed by atoms with Gasteiger partial charge in [0.15, 0.2) is 6.61 Å². The molecule has 3 amide bonds. The molecule has 0 spiro atoms. The standard InChI is InChI=1S/C16H22N2O4S/c1-4-11(2)17-16(21)18-14(19)10-22-15(20)12(3)23-13-8-6-5-7-9-13/h5-9,11-12H,4,10H2,1-3H3,(H2,17,18,19,21)/t11-,12-/m0/s1. The van der Waals surface area contributed by atoms with E-state index in [0.29, 0.717) is 0 Å². The number of benzene rings is 1. The third-order valence-corrected chi connectivity index (χ3v) is 4.07. The largest absolute Gasteiger partial charge is 0.455 e. The van der Waals surface area contributed by atoms with Crippen LogP contribution in [0.3, 0.4) is 0 Å². The second-order valence-corrected chi connectivity index (χ2v) is 6.43. The summed E-state index contributed by atoms with van der Waals surface area (Å²) in [6.45, 7) is 4.97. The van der Waals surface area contributed by atoms with Gasteiger partial charge in [0.1, 0.15) is 5.25 Å². The smallest absolute Gasteiger partial charge is 0.321 e. The molecule has 23 heavy (non-hydrogen) atoms. The molecule has 0 aliphatic carbocycles. The number of nitrogens with one attached hydrogen (secondary N) is 2. The van der Waals surface area contributed by atoms with Gasteiger partial charge in [-0.3, -0.25) is 14.9 Å². The first-order chi connectivity index (χ1) is 10.9. The van der Waals surface area contributed by atoms with Crippen LogP contribution in [0.1, 0.15) is 27.2 Å². The minimum Gasteiger partial charge on any atom is -0.455 e. The molecule has 0 saturated heterocycles. The molecule has 0 fully saturated rings. The zero-order valence-corrected chi connectivity index (χ0v) is 14.3. The van der Waals surface area contributed by atoms with Crippen molar-refractivity contribution in [1.82, 2.24) is 10.6 Å². The lowest BCUT2D eigenvalue weighted by atomic mass is 10.3. The van der Waals surface area contributed by atoms with Crippen LogP contribution < -0.4 is 10.6 Å². The van der Waals surface area contributed by atoms with Crippen LogP contribution in [0.5, 0.6) is 0 Å². The van der Waals surface area contributed by atoms with E-state index in [9.17, 15) is 14.4 Å². The number of carbonyl (C=O) groups excluding carboxylic acids is 3. The summed E-state index contributed by atoms with van der Waals surface area (Å²) in [6.07, 6.45) is 0.755. The number of hydrogen-bond donors (Lipinski definition) is 2. The average Bonchev–Trinajstić information content (AvgIpc) is 2.53. The molecular formula is C16H22N2O4S. The highest BCUT2D eigenvalue weighted by molar-refractivity contribution is 8.00. The molecule has 0 saturated carbocycles. The zero-order valence-electron chi connectivity index (χ0n) is 13.5. The van der Waals surface area contributed by atoms with Gasteiger partial charge < -0.3 is 10.1 Å². The summed E-state index contributed by atoms with van der Waals surface area (Å²) in [5.74, 6) is -1.16. The van der Waals surface area contributed by atoms with E-state index in [1.807, 2.05) is 44.2 Å². The fraction of sp³-hybridized carbons (Fsp3) is 0.438. The fourth-order valence-electron chi connectivity index (χ4n) is 1.53. The summed E-state index contributed by atoms with van der Waals surface area (Å²) < 4.78 is 4.92. The summed E-state index contributed by atoms with van der Waals surface area (Å²) in [6, 6.07) is 8.80. The number of esters is 1. The van der Waals surface area contributed by atoms with Crippen LogP contribution in [0.25, 0.3) is 0 Å². The molecule has 2 atom stereocenters. The van der Waals surface area contributed by atoms with Gasteiger partial charge >= 0.3 is 12.0 Å². The van der Waals surface area contributed by atoms with Crippen LogP contribution in [0.15, 0.2) is 35.2 Å². The number of urea groups is 1. The van der Waals surface area contributed by atoms with Crippen LogP contribution in [0.2, 0.25) is 0 Å². The zero-order chi connectivity index (χ0) is 17.2. The van der Waals surface area contributed by atoms with Crippen LogP contribution in [0.4, 0.5) is 4.79 Å². The van der Waals surface area contributed by atoms with Gasteiger partial charge in [0.25, 0.3) is 5.91 Å². The molecular weight excluding hydrogens is 316 g/mol. The van der Waals surface area contributed by atoms with Crippen LogP contribution >= 0.6 is 11.8 Å². The second-order valence-electron chi connectivity index (χ2n) is 5.01. The van der Waals surface area contributed by atoms with Gasteiger partial charge in [-0.2, -0.15) is 0 Å². The summed E-state index contributed by atoms with van der Waals surface area (Å²) in [4.78, 5) is 35.8. The normalized spacial score (nSPS) is 12.8. The van der Waals surface area contributed by atoms with E-state index in [1.54, 1.807) is 6.92 Å². The minimum absolute atomic E-state index is 0.0346. The van der Waals surface area contributed by atoms with Crippen molar-refractivity contribution in [3.05, 3.63) is 30.3 Å². The fourth-order valence-corrected chi connectivity index (χ4v) is 2.42. The predicted molar refractivity (Wildman–Crippen MR) is 89.1 cm³/mol. The first kappa shape index (κ1) is 19.0. The van der Waals surface area contributed by atoms with Crippen molar-refractivity contribution in [3.8, 4) is 0 Å². The van der Waals surface area contributed by atoms with Crippen molar-refractivity contribution < 1.29 is 19.1 Å². The van der Waals surface area contributed by atoms with Gasteiger partial charge in [0, 0.05) is 10.9 Å². The molecule has 0 aromatic heterocycles. The third-order valence-electron chi connectivity index (χ3n) is 2.98. The summed E-state index contributed by atoms with van der Waals surface area (Å²) in [5, 5.41) is 4.26. The molecule has 126 valence electrons. The Morgan fingerprint density at radius 1 is 1.17 bits per heavy atom. The number of amides is 3. The topological polar surface area (TPSA) is 84.5 Å². The third kappa shape index (κ3) is 7.69. The number of carbonyl (C=O) groups is 3. The lowest BCUT2D eigenvalue weighted by Gasteiger charge is -2.13. The molecule has 1 aromatic rings. The minimum atomic E-state index is -0.656. The van der Waals surface area contributed by atoms with E-state index in [-0.39, 0.29) is 6.04 Å². The number of imide groups is 1. The number of hydrogen-bond acceptors (Lipinski definition) is 5. The number of thioether (sulfide) groups is 1. The van der Waals surface area contributed by atoms with Crippen molar-refractivity contribution in [1.29, 1.82) is 0 Å². The molecule has 7 heteroatoms. The maximum atomic E-state index is 11.8. The molecule has 1 aromatic carbocycles. The number of ether oxygens (including phenoxy) is 1. The van der Waals surface area contributed by atoms with E-state index < -0.39 is 29.8 Å². The van der Waals surface area contributed by atoms with E-state index >= 15 is 0 Å². The van der Waals surface area contributed by atoms with Gasteiger partial charge in [0.2, 0.25) is 0 Å². The Morgan fingerprint density at radius 2 is 1.83 bits per heavy atom. The molecule has 0 radical (unpaired) electrons. The van der Waals surface area contributed by atoms with Crippen LogP contribution in [-0.2, 0) is 14.3 Å². The average molecular weight is 338 g/mol. The van der Waals surface area contributed by atoms with Crippen molar-refractivity contribution in [2.75, 3.05) is 6.61 Å². The predicted octanol–water partition coefficient (Wildman–Crippen LogP) is 2.33. The SMILES string of the molecule is CC[C@H](C)NC(=O)NC(=O)COC(=O)[C@H](C)Sc1ccccc1. The monoisotopic (exact) mass is 338 g/mol. The second kappa shape index (κ2) is 9.89. The van der Waals surface area contributed by atoms with Gasteiger partial charge in [-0.25, -0.2) is 4.79 Å². The molecule has 1 rings (SSSR count). The number of rotatable bonds is 7. The van der Waals surface area contributed by atoms with Gasteiger partial charge in [-0.05, 0) is 32.4 Å². The summed E-state index contributed by atoms with van der Waals surface area (Å²) >= 11 is 1.34. The Bertz CT molecular complexity index is 536. The van der Waals surface area contributed by atoms with Gasteiger partial charge in [-0.1, -0.05) is 25.1 Å². The van der Waals surface area contributed by atoms with Crippen LogP contribution in [0, 0.1) is 0 Å². The maximum Gasteiger partial charge on any atom is 0.321 e. The molecule has 0 heterocycles. The van der Waals surface area contributed by atoms with Crippen molar-refractivity contribution in [2.45, 2.75) is 43.4 Å². The highest BCUT2D eigenvalue weighted by atomic mass is 32.2. The first-order valence-corrected chi connectivity index (χ1v) is 8.29. The molecule has 2 N–H and O–H groups in total. The van der Waals surface area contributed by atoms with Gasteiger partial charge in [0.05, 0.1) is 0 Å². The summed E-state index contributed by atoms with van der Waals surface area (Å²) in [7, 11) is 0. The van der Waals surface area contributed by atoms with Crippen molar-refractivity contribution >= 4 is 29.7 Å². The Morgan fingerprint density at radius 3 is 2.43 bits per heavy atom. The van der Waals surface area contributed by atoms with E-state index in [1.165, 1.54) is 11.8 Å². The van der Waals surface area contributed by atoms with Gasteiger partial charge in [-0.15, -0.1) is 11.8 Å². The molecule has 0 aliphatic heterocycles. The summed E-state index contributed by atoms with van der Waals surface area (Å²) in [5.41, 5.74) is 0. The molecule has 0 aliphatic rings. The van der Waals surface area contributed by atoms with Crippen molar-refractivity contribution in [3.63, 3.8) is 0 Å². The molecule has 6 nitrogen and oxygen atoms in total. The lowest BCUT2D eigenvalue weighted by Crippen LogP contribution is -2.44. The highest BCUT2D eigenvalue weighted by Gasteiger charge is 2.18. The molecule has 0 unspecified atom stereocenters. The van der Waals surface area contributed by atoms with Crippen LogP contribution in [-0.4, -0.2) is 35.8 Å². The van der Waals surface area contributed by atoms with E-state index in [4.69, 9.17) is 4.74 Å². The van der Waals surface area contributed by atoms with E-state index in [0.717, 1.165) is 11.3 Å². The highest BCUT2D eigenvalue weighted by Crippen LogP contribution is 2.23.